The molecule has 0 spiro atoms. The molecule has 1 aliphatic rings. The standard InChI is InChI=1S/C21H27N3O/c1-3-17-9-8-10-18(4-2)20(17)23-13-15-24(16-14-23)21(25)22-19-11-6-5-7-12-19/h5-12H,3-4,13-16H2,1-2H3,(H,22,25). The van der Waals surface area contributed by atoms with Crippen molar-refractivity contribution >= 4 is 17.4 Å². The molecule has 0 aliphatic carbocycles. The zero-order chi connectivity index (χ0) is 17.6. The first-order valence-corrected chi connectivity index (χ1v) is 9.19. The number of hydrogen-bond acceptors (Lipinski definition) is 2. The Kier molecular flexibility index (Phi) is 5.59. The third kappa shape index (κ3) is 3.95. The van der Waals surface area contributed by atoms with Crippen LogP contribution < -0.4 is 10.2 Å². The highest BCUT2D eigenvalue weighted by Gasteiger charge is 2.23. The number of carbonyl (C=O) groups is 1. The largest absolute Gasteiger partial charge is 0.368 e. The summed E-state index contributed by atoms with van der Waals surface area (Å²) in [6.45, 7) is 7.68. The molecule has 1 N–H and O–H groups in total. The minimum Gasteiger partial charge on any atom is -0.368 e. The lowest BCUT2D eigenvalue weighted by molar-refractivity contribution is 0.208. The molecule has 0 radical (unpaired) electrons. The molecule has 25 heavy (non-hydrogen) atoms. The third-order valence-corrected chi connectivity index (χ3v) is 4.87. The van der Waals surface area contributed by atoms with Crippen LogP contribution in [0.2, 0.25) is 0 Å². The van der Waals surface area contributed by atoms with Crippen LogP contribution in [0.5, 0.6) is 0 Å². The predicted octanol–water partition coefficient (Wildman–Crippen LogP) is 4.17. The van der Waals surface area contributed by atoms with Gasteiger partial charge in [0.1, 0.15) is 0 Å². The number of hydrogen-bond donors (Lipinski definition) is 1. The molecule has 3 rings (SSSR count). The number of piperazine rings is 1. The summed E-state index contributed by atoms with van der Waals surface area (Å²) in [6, 6.07) is 16.2. The van der Waals surface area contributed by atoms with Crippen molar-refractivity contribution in [3.63, 3.8) is 0 Å². The summed E-state index contributed by atoms with van der Waals surface area (Å²) in [6.07, 6.45) is 2.08. The summed E-state index contributed by atoms with van der Waals surface area (Å²) in [5.41, 5.74) is 5.04. The maximum absolute atomic E-state index is 12.5. The molecule has 1 fully saturated rings. The summed E-state index contributed by atoms with van der Waals surface area (Å²) in [4.78, 5) is 16.8. The first-order chi connectivity index (χ1) is 12.2. The first-order valence-electron chi connectivity index (χ1n) is 9.19. The number of urea groups is 1. The minimum atomic E-state index is -0.00894. The van der Waals surface area contributed by atoms with E-state index in [1.54, 1.807) is 0 Å². The van der Waals surface area contributed by atoms with Crippen LogP contribution in [0.15, 0.2) is 48.5 Å². The lowest BCUT2D eigenvalue weighted by atomic mass is 10.0. The van der Waals surface area contributed by atoms with E-state index >= 15 is 0 Å². The van der Waals surface area contributed by atoms with Crippen molar-refractivity contribution in [2.75, 3.05) is 36.4 Å². The predicted molar refractivity (Wildman–Crippen MR) is 104 cm³/mol. The SMILES string of the molecule is CCc1cccc(CC)c1N1CCN(C(=O)Nc2ccccc2)CC1. The monoisotopic (exact) mass is 337 g/mol. The van der Waals surface area contributed by atoms with Gasteiger partial charge < -0.3 is 15.1 Å². The van der Waals surface area contributed by atoms with Crippen molar-refractivity contribution in [1.29, 1.82) is 0 Å². The Morgan fingerprint density at radius 3 is 2.04 bits per heavy atom. The maximum Gasteiger partial charge on any atom is 0.321 e. The fourth-order valence-corrected chi connectivity index (χ4v) is 3.48. The highest BCUT2D eigenvalue weighted by Crippen LogP contribution is 2.28. The average Bonchev–Trinajstić information content (AvgIpc) is 2.68. The molecule has 132 valence electrons. The Labute approximate surface area is 150 Å². The summed E-state index contributed by atoms with van der Waals surface area (Å²) < 4.78 is 0. The van der Waals surface area contributed by atoms with Crippen molar-refractivity contribution in [3.05, 3.63) is 59.7 Å². The number of benzene rings is 2. The van der Waals surface area contributed by atoms with Crippen molar-refractivity contribution in [2.24, 2.45) is 0 Å². The third-order valence-electron chi connectivity index (χ3n) is 4.87. The number of nitrogens with zero attached hydrogens (tertiary/aromatic N) is 2. The van der Waals surface area contributed by atoms with Gasteiger partial charge in [-0.15, -0.1) is 0 Å². The van der Waals surface area contributed by atoms with Crippen molar-refractivity contribution < 1.29 is 4.79 Å². The first kappa shape index (κ1) is 17.3. The molecule has 2 amide bonds. The van der Waals surface area contributed by atoms with Crippen LogP contribution in [0.3, 0.4) is 0 Å². The number of nitrogens with one attached hydrogen (secondary N) is 1. The highest BCUT2D eigenvalue weighted by atomic mass is 16.2. The van der Waals surface area contributed by atoms with Gasteiger partial charge >= 0.3 is 6.03 Å². The van der Waals surface area contributed by atoms with Crippen LogP contribution in [-0.2, 0) is 12.8 Å². The van der Waals surface area contributed by atoms with E-state index in [9.17, 15) is 4.79 Å². The molecule has 0 unspecified atom stereocenters. The Morgan fingerprint density at radius 1 is 0.880 bits per heavy atom. The van der Waals surface area contributed by atoms with Gasteiger partial charge in [0, 0.05) is 37.6 Å². The van der Waals surface area contributed by atoms with Crippen molar-refractivity contribution in [3.8, 4) is 0 Å². The van der Waals surface area contributed by atoms with E-state index in [0.717, 1.165) is 44.7 Å². The molecule has 4 nitrogen and oxygen atoms in total. The van der Waals surface area contributed by atoms with Crippen molar-refractivity contribution in [1.82, 2.24) is 4.90 Å². The minimum absolute atomic E-state index is 0.00894. The van der Waals surface area contributed by atoms with E-state index in [2.05, 4.69) is 42.3 Å². The van der Waals surface area contributed by atoms with Gasteiger partial charge in [0.15, 0.2) is 0 Å². The quantitative estimate of drug-likeness (QED) is 0.909. The Bertz CT molecular complexity index is 684. The number of rotatable bonds is 4. The second-order valence-corrected chi connectivity index (χ2v) is 6.40. The highest BCUT2D eigenvalue weighted by molar-refractivity contribution is 5.89. The van der Waals surface area contributed by atoms with E-state index in [1.165, 1.54) is 16.8 Å². The van der Waals surface area contributed by atoms with Crippen LogP contribution >= 0.6 is 0 Å². The topological polar surface area (TPSA) is 35.6 Å². The van der Waals surface area contributed by atoms with Crippen LogP contribution in [0.1, 0.15) is 25.0 Å². The molecule has 4 heteroatoms. The second-order valence-electron chi connectivity index (χ2n) is 6.40. The Hall–Kier alpha value is -2.49. The number of aryl methyl sites for hydroxylation is 2. The van der Waals surface area contributed by atoms with Crippen LogP contribution in [0, 0.1) is 0 Å². The van der Waals surface area contributed by atoms with Gasteiger partial charge in [-0.25, -0.2) is 4.79 Å². The molecule has 1 heterocycles. The lowest BCUT2D eigenvalue weighted by Gasteiger charge is -2.38. The Morgan fingerprint density at radius 2 is 1.48 bits per heavy atom. The fourth-order valence-electron chi connectivity index (χ4n) is 3.48. The number of amides is 2. The molecule has 1 aliphatic heterocycles. The van der Waals surface area contributed by atoms with Crippen LogP contribution in [0.4, 0.5) is 16.2 Å². The van der Waals surface area contributed by atoms with Gasteiger partial charge in [-0.1, -0.05) is 50.2 Å². The van der Waals surface area contributed by atoms with E-state index < -0.39 is 0 Å². The molecule has 2 aromatic carbocycles. The van der Waals surface area contributed by atoms with Gasteiger partial charge in [0.2, 0.25) is 0 Å². The summed E-state index contributed by atoms with van der Waals surface area (Å²) in [5.74, 6) is 0. The van der Waals surface area contributed by atoms with E-state index in [4.69, 9.17) is 0 Å². The van der Waals surface area contributed by atoms with Gasteiger partial charge in [0.25, 0.3) is 0 Å². The summed E-state index contributed by atoms with van der Waals surface area (Å²) >= 11 is 0. The number of para-hydroxylation sites is 2. The lowest BCUT2D eigenvalue weighted by Crippen LogP contribution is -2.50. The molecular weight excluding hydrogens is 310 g/mol. The van der Waals surface area contributed by atoms with Crippen LogP contribution in [-0.4, -0.2) is 37.1 Å². The van der Waals surface area contributed by atoms with Crippen LogP contribution in [0.25, 0.3) is 0 Å². The second kappa shape index (κ2) is 8.06. The summed E-state index contributed by atoms with van der Waals surface area (Å²) in [7, 11) is 0. The number of anilines is 2. The zero-order valence-electron chi connectivity index (χ0n) is 15.2. The van der Waals surface area contributed by atoms with Gasteiger partial charge in [0.05, 0.1) is 0 Å². The molecular formula is C21H27N3O. The maximum atomic E-state index is 12.5. The van der Waals surface area contributed by atoms with Crippen molar-refractivity contribution in [2.45, 2.75) is 26.7 Å². The molecule has 0 bridgehead atoms. The zero-order valence-corrected chi connectivity index (χ0v) is 15.2. The average molecular weight is 337 g/mol. The normalized spacial score (nSPS) is 14.5. The van der Waals surface area contributed by atoms with Gasteiger partial charge in [-0.05, 0) is 36.1 Å². The molecule has 1 saturated heterocycles. The van der Waals surface area contributed by atoms with E-state index in [-0.39, 0.29) is 6.03 Å². The fraction of sp³-hybridized carbons (Fsp3) is 0.381. The molecule has 0 aromatic heterocycles. The molecule has 2 aromatic rings. The van der Waals surface area contributed by atoms with Gasteiger partial charge in [-0.2, -0.15) is 0 Å². The Balaban J connectivity index is 1.65. The van der Waals surface area contributed by atoms with Gasteiger partial charge in [-0.3, -0.25) is 0 Å². The van der Waals surface area contributed by atoms with E-state index in [1.807, 2.05) is 35.2 Å². The molecule has 0 atom stereocenters. The number of carbonyl (C=O) groups excluding carboxylic acids is 1. The van der Waals surface area contributed by atoms with E-state index in [0.29, 0.717) is 0 Å². The molecule has 0 saturated carbocycles. The smallest absolute Gasteiger partial charge is 0.321 e. The summed E-state index contributed by atoms with van der Waals surface area (Å²) in [5, 5.41) is 2.98.